The molecule has 0 spiro atoms. The van der Waals surface area contributed by atoms with Crippen LogP contribution in [0.3, 0.4) is 0 Å². The molecule has 0 aliphatic carbocycles. The number of amides is 1. The number of rotatable bonds is 10. The van der Waals surface area contributed by atoms with Crippen molar-refractivity contribution in [1.29, 1.82) is 0 Å². The van der Waals surface area contributed by atoms with Crippen molar-refractivity contribution in [3.8, 4) is 17.2 Å². The SMILES string of the molecule is CCCOc1ccc(C(=O)N/N=C/c2cc(Cl)c(OCc3ccc(C)cc3)c(Cl)c2)cc1OC. The van der Waals surface area contributed by atoms with Crippen molar-refractivity contribution in [3.63, 3.8) is 0 Å². The smallest absolute Gasteiger partial charge is 0.271 e. The summed E-state index contributed by atoms with van der Waals surface area (Å²) in [7, 11) is 1.52. The quantitative estimate of drug-likeness (QED) is 0.256. The highest BCUT2D eigenvalue weighted by atomic mass is 35.5. The molecule has 1 amide bonds. The van der Waals surface area contributed by atoms with Crippen molar-refractivity contribution >= 4 is 35.3 Å². The molecule has 0 saturated carbocycles. The molecule has 0 aliphatic rings. The summed E-state index contributed by atoms with van der Waals surface area (Å²) in [6, 6.07) is 16.3. The Kier molecular flexibility index (Phi) is 9.19. The van der Waals surface area contributed by atoms with E-state index in [0.29, 0.717) is 51.6 Å². The monoisotopic (exact) mass is 500 g/mol. The number of ether oxygens (including phenoxy) is 3. The van der Waals surface area contributed by atoms with Crippen molar-refractivity contribution < 1.29 is 19.0 Å². The topological polar surface area (TPSA) is 69.2 Å². The average molecular weight is 501 g/mol. The number of carbonyl (C=O) groups excluding carboxylic acids is 1. The third-order valence-corrected chi connectivity index (χ3v) is 5.35. The molecule has 0 aromatic heterocycles. The van der Waals surface area contributed by atoms with Gasteiger partial charge in [0, 0.05) is 5.56 Å². The first kappa shape index (κ1) is 25.4. The number of aryl methyl sites for hydroxylation is 1. The third-order valence-electron chi connectivity index (χ3n) is 4.79. The molecule has 0 radical (unpaired) electrons. The molecule has 178 valence electrons. The first-order valence-electron chi connectivity index (χ1n) is 10.7. The summed E-state index contributed by atoms with van der Waals surface area (Å²) >= 11 is 12.7. The highest BCUT2D eigenvalue weighted by molar-refractivity contribution is 6.37. The summed E-state index contributed by atoms with van der Waals surface area (Å²) in [5.41, 5.74) is 5.66. The van der Waals surface area contributed by atoms with Gasteiger partial charge in [0.2, 0.25) is 0 Å². The second-order valence-corrected chi connectivity index (χ2v) is 8.32. The molecule has 0 saturated heterocycles. The van der Waals surface area contributed by atoms with Crippen molar-refractivity contribution in [2.24, 2.45) is 5.10 Å². The zero-order valence-electron chi connectivity index (χ0n) is 19.2. The zero-order chi connectivity index (χ0) is 24.5. The summed E-state index contributed by atoms with van der Waals surface area (Å²) in [4.78, 5) is 12.5. The van der Waals surface area contributed by atoms with E-state index < -0.39 is 5.91 Å². The van der Waals surface area contributed by atoms with E-state index in [9.17, 15) is 4.79 Å². The van der Waals surface area contributed by atoms with Crippen LogP contribution in [0.1, 0.15) is 40.4 Å². The fraction of sp³-hybridized carbons (Fsp3) is 0.231. The van der Waals surface area contributed by atoms with Gasteiger partial charge in [0.1, 0.15) is 6.61 Å². The number of methoxy groups -OCH3 is 1. The van der Waals surface area contributed by atoms with Crippen LogP contribution >= 0.6 is 23.2 Å². The van der Waals surface area contributed by atoms with E-state index in [1.807, 2.05) is 38.1 Å². The summed E-state index contributed by atoms with van der Waals surface area (Å²) in [5.74, 6) is 1.05. The first-order valence-corrected chi connectivity index (χ1v) is 11.5. The molecule has 0 aliphatic heterocycles. The van der Waals surface area contributed by atoms with Crippen LogP contribution in [0.2, 0.25) is 10.0 Å². The second kappa shape index (κ2) is 12.3. The molecule has 0 unspecified atom stereocenters. The van der Waals surface area contributed by atoms with Crippen LogP contribution in [0.4, 0.5) is 0 Å². The molecule has 34 heavy (non-hydrogen) atoms. The lowest BCUT2D eigenvalue weighted by Crippen LogP contribution is -2.17. The van der Waals surface area contributed by atoms with E-state index in [1.54, 1.807) is 30.3 Å². The van der Waals surface area contributed by atoms with Gasteiger partial charge in [-0.1, -0.05) is 60.0 Å². The van der Waals surface area contributed by atoms with Crippen molar-refractivity contribution in [2.45, 2.75) is 26.9 Å². The van der Waals surface area contributed by atoms with Crippen molar-refractivity contribution in [1.82, 2.24) is 5.43 Å². The number of benzene rings is 3. The summed E-state index contributed by atoms with van der Waals surface area (Å²) in [6.45, 7) is 4.94. The predicted octanol–water partition coefficient (Wildman–Crippen LogP) is 6.44. The van der Waals surface area contributed by atoms with Crippen LogP contribution in [0.25, 0.3) is 0 Å². The average Bonchev–Trinajstić information content (AvgIpc) is 2.83. The van der Waals surface area contributed by atoms with Gasteiger partial charge in [0.15, 0.2) is 17.2 Å². The van der Waals surface area contributed by atoms with E-state index >= 15 is 0 Å². The Morgan fingerprint density at radius 1 is 1.00 bits per heavy atom. The van der Waals surface area contributed by atoms with E-state index in [2.05, 4.69) is 10.5 Å². The molecule has 0 bridgehead atoms. The fourth-order valence-corrected chi connectivity index (χ4v) is 3.61. The van der Waals surface area contributed by atoms with Gasteiger partial charge in [-0.05, 0) is 54.8 Å². The maximum Gasteiger partial charge on any atom is 0.271 e. The third kappa shape index (κ3) is 6.89. The Labute approximate surface area is 209 Å². The molecule has 3 aromatic carbocycles. The molecule has 1 N–H and O–H groups in total. The van der Waals surface area contributed by atoms with Gasteiger partial charge in [-0.15, -0.1) is 0 Å². The lowest BCUT2D eigenvalue weighted by atomic mass is 10.2. The van der Waals surface area contributed by atoms with Crippen molar-refractivity contribution in [2.75, 3.05) is 13.7 Å². The molecule has 0 heterocycles. The summed E-state index contributed by atoms with van der Waals surface area (Å²) in [6.07, 6.45) is 2.32. The lowest BCUT2D eigenvalue weighted by molar-refractivity contribution is 0.0954. The van der Waals surface area contributed by atoms with Crippen LogP contribution < -0.4 is 19.6 Å². The van der Waals surface area contributed by atoms with E-state index in [-0.39, 0.29) is 0 Å². The minimum absolute atomic E-state index is 0.342. The maximum atomic E-state index is 12.5. The molecule has 3 rings (SSSR count). The zero-order valence-corrected chi connectivity index (χ0v) is 20.7. The van der Waals surface area contributed by atoms with Gasteiger partial charge in [0.05, 0.1) is 30.0 Å². The van der Waals surface area contributed by atoms with Crippen LogP contribution in [0, 0.1) is 6.92 Å². The summed E-state index contributed by atoms with van der Waals surface area (Å²) in [5, 5.41) is 4.70. The molecule has 3 aromatic rings. The number of halogens is 2. The van der Waals surface area contributed by atoms with Crippen LogP contribution in [-0.2, 0) is 6.61 Å². The van der Waals surface area contributed by atoms with Crippen LogP contribution in [0.5, 0.6) is 17.2 Å². The number of hydrogen-bond donors (Lipinski definition) is 1. The lowest BCUT2D eigenvalue weighted by Gasteiger charge is -2.11. The highest BCUT2D eigenvalue weighted by Gasteiger charge is 2.12. The van der Waals surface area contributed by atoms with E-state index in [4.69, 9.17) is 37.4 Å². The largest absolute Gasteiger partial charge is 0.493 e. The fourth-order valence-electron chi connectivity index (χ4n) is 3.00. The minimum atomic E-state index is -0.396. The number of carbonyl (C=O) groups is 1. The first-order chi connectivity index (χ1) is 16.4. The van der Waals surface area contributed by atoms with Gasteiger partial charge in [0.25, 0.3) is 5.91 Å². The predicted molar refractivity (Wildman–Crippen MR) is 136 cm³/mol. The van der Waals surface area contributed by atoms with Crippen molar-refractivity contribution in [3.05, 3.63) is 86.9 Å². The van der Waals surface area contributed by atoms with Gasteiger partial charge in [-0.2, -0.15) is 5.10 Å². The molecule has 0 fully saturated rings. The molecular weight excluding hydrogens is 475 g/mol. The van der Waals surface area contributed by atoms with E-state index in [0.717, 1.165) is 12.0 Å². The Morgan fingerprint density at radius 2 is 1.71 bits per heavy atom. The van der Waals surface area contributed by atoms with Crippen LogP contribution in [0.15, 0.2) is 59.7 Å². The van der Waals surface area contributed by atoms with Gasteiger partial charge < -0.3 is 14.2 Å². The van der Waals surface area contributed by atoms with Gasteiger partial charge in [-0.3, -0.25) is 4.79 Å². The maximum absolute atomic E-state index is 12.5. The Bertz CT molecular complexity index is 1140. The van der Waals surface area contributed by atoms with E-state index in [1.165, 1.54) is 18.9 Å². The number of hydrogen-bond acceptors (Lipinski definition) is 5. The standard InChI is InChI=1S/C26H26Cl2N2O4/c1-4-11-33-23-10-9-20(14-24(23)32-3)26(31)30-29-15-19-12-21(27)25(22(28)13-19)34-16-18-7-5-17(2)6-8-18/h5-10,12-15H,4,11,16H2,1-3H3,(H,30,31)/b29-15+. The van der Waals surface area contributed by atoms with Gasteiger partial charge >= 0.3 is 0 Å². The highest BCUT2D eigenvalue weighted by Crippen LogP contribution is 2.34. The number of nitrogens with one attached hydrogen (secondary N) is 1. The molecule has 0 atom stereocenters. The normalized spacial score (nSPS) is 10.9. The Balaban J connectivity index is 1.63. The van der Waals surface area contributed by atoms with Crippen LogP contribution in [-0.4, -0.2) is 25.8 Å². The number of hydrazone groups is 1. The molecule has 8 heteroatoms. The molecule has 6 nitrogen and oxygen atoms in total. The Morgan fingerprint density at radius 3 is 2.35 bits per heavy atom. The summed E-state index contributed by atoms with van der Waals surface area (Å²) < 4.78 is 16.7. The van der Waals surface area contributed by atoms with Gasteiger partial charge in [-0.25, -0.2) is 5.43 Å². The second-order valence-electron chi connectivity index (χ2n) is 7.50. The number of nitrogens with zero attached hydrogens (tertiary/aromatic N) is 1. The minimum Gasteiger partial charge on any atom is -0.493 e. The molecular formula is C26H26Cl2N2O4. The Hall–Kier alpha value is -3.22.